The Kier molecular flexibility index (Phi) is 2.71. The van der Waals surface area contributed by atoms with Crippen molar-refractivity contribution in [1.82, 2.24) is 19.8 Å². The fourth-order valence-corrected chi connectivity index (χ4v) is 1.60. The minimum Gasteiger partial charge on any atom is -0.383 e. The largest absolute Gasteiger partial charge is 0.383 e. The van der Waals surface area contributed by atoms with E-state index in [4.69, 9.17) is 4.52 Å². The van der Waals surface area contributed by atoms with Crippen molar-refractivity contribution in [1.29, 1.82) is 0 Å². The van der Waals surface area contributed by atoms with Gasteiger partial charge >= 0.3 is 0 Å². The third kappa shape index (κ3) is 1.93. The Morgan fingerprint density at radius 3 is 2.76 bits per heavy atom. The summed E-state index contributed by atoms with van der Waals surface area (Å²) >= 11 is 0. The number of nitrogens with zero attached hydrogens (tertiary/aromatic N) is 4. The summed E-state index contributed by atoms with van der Waals surface area (Å²) in [5.74, 6) is 0.552. The predicted octanol–water partition coefficient (Wildman–Crippen LogP) is 0.762. The molecule has 0 saturated heterocycles. The lowest BCUT2D eigenvalue weighted by molar-refractivity contribution is 0.419. The van der Waals surface area contributed by atoms with Gasteiger partial charge in [0.05, 0.1) is 11.1 Å². The van der Waals surface area contributed by atoms with Gasteiger partial charge in [-0.2, -0.15) is 5.10 Å². The molecule has 2 rings (SSSR count). The Hall–Kier alpha value is -2.11. The van der Waals surface area contributed by atoms with Gasteiger partial charge in [0.15, 0.2) is 11.3 Å². The summed E-state index contributed by atoms with van der Waals surface area (Å²) in [7, 11) is 5.40. The van der Waals surface area contributed by atoms with Crippen molar-refractivity contribution >= 4 is 17.0 Å². The van der Waals surface area contributed by atoms with Gasteiger partial charge in [-0.25, -0.2) is 4.68 Å². The van der Waals surface area contributed by atoms with Crippen molar-refractivity contribution in [3.8, 4) is 0 Å². The third-order valence-electron chi connectivity index (χ3n) is 2.40. The Labute approximate surface area is 98.1 Å². The summed E-state index contributed by atoms with van der Waals surface area (Å²) in [5.41, 5.74) is 0.791. The Morgan fingerprint density at radius 2 is 2.12 bits per heavy atom. The lowest BCUT2D eigenvalue weighted by Gasteiger charge is -2.02. The zero-order valence-corrected chi connectivity index (χ0v) is 10.3. The van der Waals surface area contributed by atoms with Crippen molar-refractivity contribution in [3.05, 3.63) is 28.0 Å². The molecular formula is C11H14N4O2. The van der Waals surface area contributed by atoms with E-state index in [0.29, 0.717) is 16.7 Å². The molecule has 0 atom stereocenters. The van der Waals surface area contributed by atoms with E-state index >= 15 is 0 Å². The number of hydrogen-bond donors (Lipinski definition) is 0. The maximum absolute atomic E-state index is 11.8. The van der Waals surface area contributed by atoms with E-state index < -0.39 is 0 Å². The van der Waals surface area contributed by atoms with Crippen LogP contribution in [-0.4, -0.2) is 33.9 Å². The Bertz CT molecular complexity index is 637. The second-order valence-electron chi connectivity index (χ2n) is 4.06. The highest BCUT2D eigenvalue weighted by Crippen LogP contribution is 2.19. The molecule has 0 bridgehead atoms. The molecule has 0 aliphatic rings. The first-order valence-corrected chi connectivity index (χ1v) is 5.18. The van der Waals surface area contributed by atoms with E-state index in [9.17, 15) is 4.79 Å². The molecule has 0 aliphatic carbocycles. The molecule has 0 unspecified atom stereocenters. The van der Waals surface area contributed by atoms with Crippen molar-refractivity contribution in [3.63, 3.8) is 0 Å². The minimum atomic E-state index is -0.251. The summed E-state index contributed by atoms with van der Waals surface area (Å²) in [6.07, 6.45) is 3.60. The average Bonchev–Trinajstić information content (AvgIpc) is 2.67. The molecule has 0 N–H and O–H groups in total. The van der Waals surface area contributed by atoms with Crippen LogP contribution in [0.15, 0.2) is 15.5 Å². The zero-order chi connectivity index (χ0) is 12.6. The SMILES string of the molecule is Cc1nn(C)c(=O)c2noc(/C=C/N(C)C)c12. The number of rotatable bonds is 2. The van der Waals surface area contributed by atoms with Crippen LogP contribution in [0.1, 0.15) is 11.5 Å². The number of aryl methyl sites for hydroxylation is 2. The highest BCUT2D eigenvalue weighted by Gasteiger charge is 2.14. The first-order chi connectivity index (χ1) is 8.00. The standard InChI is InChI=1S/C11H14N4O2/c1-7-9-8(5-6-14(2)3)17-13-10(9)11(16)15(4)12-7/h5-6H,1-4H3/b6-5+. The molecule has 6 heteroatoms. The topological polar surface area (TPSA) is 64.2 Å². The molecule has 0 saturated carbocycles. The third-order valence-corrected chi connectivity index (χ3v) is 2.40. The fourth-order valence-electron chi connectivity index (χ4n) is 1.60. The Balaban J connectivity index is 2.69. The maximum atomic E-state index is 11.8. The summed E-state index contributed by atoms with van der Waals surface area (Å²) in [4.78, 5) is 13.6. The van der Waals surface area contributed by atoms with Crippen LogP contribution in [0.25, 0.3) is 17.0 Å². The van der Waals surface area contributed by atoms with Crippen molar-refractivity contribution in [2.75, 3.05) is 14.1 Å². The number of aromatic nitrogens is 3. The van der Waals surface area contributed by atoms with Crippen LogP contribution in [-0.2, 0) is 7.05 Å². The van der Waals surface area contributed by atoms with E-state index in [0.717, 1.165) is 5.69 Å². The molecule has 2 aromatic rings. The molecule has 2 aromatic heterocycles. The fraction of sp³-hybridized carbons (Fsp3) is 0.364. The van der Waals surface area contributed by atoms with Crippen molar-refractivity contribution < 1.29 is 4.52 Å². The molecular weight excluding hydrogens is 220 g/mol. The second-order valence-corrected chi connectivity index (χ2v) is 4.06. The lowest BCUT2D eigenvalue weighted by atomic mass is 10.2. The number of hydrogen-bond acceptors (Lipinski definition) is 5. The van der Waals surface area contributed by atoms with Gasteiger partial charge in [-0.3, -0.25) is 4.79 Å². The van der Waals surface area contributed by atoms with Gasteiger partial charge in [0.25, 0.3) is 5.56 Å². The van der Waals surface area contributed by atoms with E-state index in [-0.39, 0.29) is 5.56 Å². The lowest BCUT2D eigenvalue weighted by Crippen LogP contribution is -2.20. The molecule has 0 fully saturated rings. The van der Waals surface area contributed by atoms with E-state index in [2.05, 4.69) is 10.3 Å². The zero-order valence-electron chi connectivity index (χ0n) is 10.3. The van der Waals surface area contributed by atoms with E-state index in [1.54, 1.807) is 13.1 Å². The molecule has 6 nitrogen and oxygen atoms in total. The van der Waals surface area contributed by atoms with Gasteiger partial charge in [-0.15, -0.1) is 0 Å². The monoisotopic (exact) mass is 234 g/mol. The molecule has 17 heavy (non-hydrogen) atoms. The number of fused-ring (bicyclic) bond motifs is 1. The molecule has 0 amide bonds. The molecule has 0 aliphatic heterocycles. The Morgan fingerprint density at radius 1 is 1.41 bits per heavy atom. The first kappa shape index (κ1) is 11.4. The van der Waals surface area contributed by atoms with Crippen LogP contribution in [0.5, 0.6) is 0 Å². The van der Waals surface area contributed by atoms with Gasteiger partial charge in [-0.1, -0.05) is 5.16 Å². The van der Waals surface area contributed by atoms with E-state index in [1.165, 1.54) is 4.68 Å². The molecule has 90 valence electrons. The van der Waals surface area contributed by atoms with Crippen LogP contribution >= 0.6 is 0 Å². The summed E-state index contributed by atoms with van der Waals surface area (Å²) in [6, 6.07) is 0. The van der Waals surface area contributed by atoms with Gasteiger partial charge in [0.1, 0.15) is 0 Å². The van der Waals surface area contributed by atoms with Crippen LogP contribution in [0, 0.1) is 6.92 Å². The highest BCUT2D eigenvalue weighted by molar-refractivity contribution is 5.86. The second kappa shape index (κ2) is 4.04. The summed E-state index contributed by atoms with van der Waals surface area (Å²) in [5, 5.41) is 8.59. The average molecular weight is 234 g/mol. The molecule has 0 spiro atoms. The molecule has 0 aromatic carbocycles. The summed E-state index contributed by atoms with van der Waals surface area (Å²) in [6.45, 7) is 1.83. The quantitative estimate of drug-likeness (QED) is 0.767. The normalized spacial score (nSPS) is 11.5. The van der Waals surface area contributed by atoms with Crippen molar-refractivity contribution in [2.45, 2.75) is 6.92 Å². The van der Waals surface area contributed by atoms with Gasteiger partial charge in [-0.05, 0) is 6.92 Å². The predicted molar refractivity (Wildman–Crippen MR) is 64.5 cm³/mol. The van der Waals surface area contributed by atoms with Gasteiger partial charge in [0.2, 0.25) is 0 Å². The van der Waals surface area contributed by atoms with Crippen LogP contribution in [0.2, 0.25) is 0 Å². The van der Waals surface area contributed by atoms with Crippen molar-refractivity contribution in [2.24, 2.45) is 7.05 Å². The van der Waals surface area contributed by atoms with Crippen LogP contribution in [0.4, 0.5) is 0 Å². The molecule has 0 radical (unpaired) electrons. The maximum Gasteiger partial charge on any atom is 0.296 e. The summed E-state index contributed by atoms with van der Waals surface area (Å²) < 4.78 is 6.43. The highest BCUT2D eigenvalue weighted by atomic mass is 16.5. The first-order valence-electron chi connectivity index (χ1n) is 5.18. The van der Waals surface area contributed by atoms with E-state index in [1.807, 2.05) is 32.1 Å². The van der Waals surface area contributed by atoms with Crippen LogP contribution < -0.4 is 5.56 Å². The van der Waals surface area contributed by atoms with Gasteiger partial charge < -0.3 is 9.42 Å². The van der Waals surface area contributed by atoms with Crippen LogP contribution in [0.3, 0.4) is 0 Å². The smallest absolute Gasteiger partial charge is 0.296 e. The molecule has 2 heterocycles. The minimum absolute atomic E-state index is 0.251. The van der Waals surface area contributed by atoms with Gasteiger partial charge in [0, 0.05) is 33.4 Å².